The SMILES string of the molecule is O=C(Nc1ccc(Cl)cc1Cl)Oc1ccccn1. The molecule has 1 N–H and O–H groups in total. The molecule has 1 aromatic carbocycles. The van der Waals surface area contributed by atoms with Crippen molar-refractivity contribution in [2.45, 2.75) is 0 Å². The third kappa shape index (κ3) is 3.35. The lowest BCUT2D eigenvalue weighted by molar-refractivity contribution is 0.213. The number of carbonyl (C=O) groups is 1. The van der Waals surface area contributed by atoms with Crippen molar-refractivity contribution in [2.75, 3.05) is 5.32 Å². The monoisotopic (exact) mass is 282 g/mol. The molecule has 0 aliphatic rings. The van der Waals surface area contributed by atoms with Gasteiger partial charge in [-0.05, 0) is 24.3 Å². The van der Waals surface area contributed by atoms with Crippen LogP contribution in [-0.2, 0) is 0 Å². The van der Waals surface area contributed by atoms with Crippen LogP contribution in [0.1, 0.15) is 0 Å². The quantitative estimate of drug-likeness (QED) is 0.906. The van der Waals surface area contributed by atoms with Gasteiger partial charge in [0, 0.05) is 17.3 Å². The van der Waals surface area contributed by atoms with Gasteiger partial charge in [0.05, 0.1) is 10.7 Å². The van der Waals surface area contributed by atoms with Crippen LogP contribution in [0.15, 0.2) is 42.6 Å². The lowest BCUT2D eigenvalue weighted by Gasteiger charge is -2.07. The summed E-state index contributed by atoms with van der Waals surface area (Å²) in [6.45, 7) is 0. The number of aromatic nitrogens is 1. The first-order valence-corrected chi connectivity index (χ1v) is 5.75. The molecule has 0 unspecified atom stereocenters. The van der Waals surface area contributed by atoms with E-state index in [0.29, 0.717) is 15.7 Å². The van der Waals surface area contributed by atoms with Gasteiger partial charge in [0.1, 0.15) is 0 Å². The first-order chi connectivity index (χ1) is 8.65. The molecule has 0 atom stereocenters. The van der Waals surface area contributed by atoms with Gasteiger partial charge in [-0.15, -0.1) is 0 Å². The summed E-state index contributed by atoms with van der Waals surface area (Å²) in [4.78, 5) is 15.4. The van der Waals surface area contributed by atoms with Crippen LogP contribution in [0.2, 0.25) is 10.0 Å². The molecule has 1 aromatic heterocycles. The number of anilines is 1. The van der Waals surface area contributed by atoms with Crippen molar-refractivity contribution in [1.82, 2.24) is 4.98 Å². The molecule has 18 heavy (non-hydrogen) atoms. The number of pyridine rings is 1. The van der Waals surface area contributed by atoms with Crippen molar-refractivity contribution >= 4 is 35.0 Å². The van der Waals surface area contributed by atoms with E-state index in [1.54, 1.807) is 30.3 Å². The molecule has 0 aliphatic carbocycles. The van der Waals surface area contributed by atoms with Gasteiger partial charge in [-0.25, -0.2) is 9.78 Å². The summed E-state index contributed by atoms with van der Waals surface area (Å²) < 4.78 is 4.95. The molecule has 2 rings (SSSR count). The van der Waals surface area contributed by atoms with Crippen molar-refractivity contribution < 1.29 is 9.53 Å². The van der Waals surface area contributed by atoms with Crippen LogP contribution in [0.5, 0.6) is 5.88 Å². The maximum atomic E-state index is 11.6. The number of ether oxygens (including phenoxy) is 1. The standard InChI is InChI=1S/C12H8Cl2N2O2/c13-8-4-5-10(9(14)7-8)16-12(17)18-11-3-1-2-6-15-11/h1-7H,(H,16,17). The van der Waals surface area contributed by atoms with E-state index >= 15 is 0 Å². The number of amides is 1. The first-order valence-electron chi connectivity index (χ1n) is 5.00. The van der Waals surface area contributed by atoms with Crippen LogP contribution in [0.4, 0.5) is 10.5 Å². The molecule has 1 amide bonds. The number of nitrogens with zero attached hydrogens (tertiary/aromatic N) is 1. The number of rotatable bonds is 2. The summed E-state index contributed by atoms with van der Waals surface area (Å²) >= 11 is 11.7. The summed E-state index contributed by atoms with van der Waals surface area (Å²) in [6.07, 6.45) is 0.857. The minimum Gasteiger partial charge on any atom is -0.391 e. The minimum absolute atomic E-state index is 0.208. The highest BCUT2D eigenvalue weighted by Gasteiger charge is 2.08. The van der Waals surface area contributed by atoms with Crippen LogP contribution in [0.3, 0.4) is 0 Å². The van der Waals surface area contributed by atoms with E-state index < -0.39 is 6.09 Å². The lowest BCUT2D eigenvalue weighted by atomic mass is 10.3. The summed E-state index contributed by atoms with van der Waals surface area (Å²) in [7, 11) is 0. The van der Waals surface area contributed by atoms with E-state index in [9.17, 15) is 4.79 Å². The summed E-state index contributed by atoms with van der Waals surface area (Å²) in [5, 5.41) is 3.32. The van der Waals surface area contributed by atoms with Crippen molar-refractivity contribution in [2.24, 2.45) is 0 Å². The second kappa shape index (κ2) is 5.71. The van der Waals surface area contributed by atoms with Gasteiger partial charge >= 0.3 is 6.09 Å². The second-order valence-corrected chi connectivity index (χ2v) is 4.15. The van der Waals surface area contributed by atoms with Crippen LogP contribution < -0.4 is 10.1 Å². The Bertz CT molecular complexity index is 561. The molecular formula is C12H8Cl2N2O2. The number of nitrogens with one attached hydrogen (secondary N) is 1. The Hall–Kier alpha value is -1.78. The molecule has 6 heteroatoms. The predicted octanol–water partition coefficient (Wildman–Crippen LogP) is 4.00. The number of carbonyl (C=O) groups excluding carboxylic acids is 1. The van der Waals surface area contributed by atoms with Gasteiger partial charge < -0.3 is 4.74 Å². The predicted molar refractivity (Wildman–Crippen MR) is 70.3 cm³/mol. The van der Waals surface area contributed by atoms with Gasteiger partial charge in [0.15, 0.2) is 0 Å². The number of halogens is 2. The third-order valence-electron chi connectivity index (χ3n) is 2.00. The Morgan fingerprint density at radius 3 is 2.72 bits per heavy atom. The van der Waals surface area contributed by atoms with Crippen molar-refractivity contribution in [1.29, 1.82) is 0 Å². The minimum atomic E-state index is -0.669. The molecule has 0 fully saturated rings. The Labute approximate surface area is 114 Å². The van der Waals surface area contributed by atoms with Gasteiger partial charge in [0.25, 0.3) is 0 Å². The number of benzene rings is 1. The van der Waals surface area contributed by atoms with Crippen LogP contribution in [-0.4, -0.2) is 11.1 Å². The van der Waals surface area contributed by atoms with Crippen LogP contribution >= 0.6 is 23.2 Å². The third-order valence-corrected chi connectivity index (χ3v) is 2.55. The first kappa shape index (κ1) is 12.7. The summed E-state index contributed by atoms with van der Waals surface area (Å²) in [6, 6.07) is 9.74. The van der Waals surface area contributed by atoms with E-state index in [4.69, 9.17) is 27.9 Å². The Kier molecular flexibility index (Phi) is 4.02. The maximum Gasteiger partial charge on any atom is 0.418 e. The second-order valence-electron chi connectivity index (χ2n) is 3.31. The van der Waals surface area contributed by atoms with E-state index in [2.05, 4.69) is 10.3 Å². The van der Waals surface area contributed by atoms with Gasteiger partial charge in [-0.3, -0.25) is 5.32 Å². The highest BCUT2D eigenvalue weighted by Crippen LogP contribution is 2.25. The summed E-state index contributed by atoms with van der Waals surface area (Å²) in [5.74, 6) is 0.208. The fourth-order valence-corrected chi connectivity index (χ4v) is 1.68. The average Bonchev–Trinajstić information content (AvgIpc) is 2.34. The zero-order valence-electron chi connectivity index (χ0n) is 9.06. The Balaban J connectivity index is 2.03. The molecule has 2 aromatic rings. The van der Waals surface area contributed by atoms with E-state index in [1.165, 1.54) is 12.3 Å². The van der Waals surface area contributed by atoms with Crippen LogP contribution in [0.25, 0.3) is 0 Å². The zero-order valence-corrected chi connectivity index (χ0v) is 10.6. The van der Waals surface area contributed by atoms with Crippen molar-refractivity contribution in [3.63, 3.8) is 0 Å². The Morgan fingerprint density at radius 1 is 1.22 bits per heavy atom. The molecule has 0 saturated heterocycles. The lowest BCUT2D eigenvalue weighted by Crippen LogP contribution is -2.17. The molecule has 4 nitrogen and oxygen atoms in total. The van der Waals surface area contributed by atoms with E-state index in [1.807, 2.05) is 0 Å². The molecule has 0 bridgehead atoms. The fraction of sp³-hybridized carbons (Fsp3) is 0. The maximum absolute atomic E-state index is 11.6. The zero-order chi connectivity index (χ0) is 13.0. The average molecular weight is 283 g/mol. The fourth-order valence-electron chi connectivity index (χ4n) is 1.23. The summed E-state index contributed by atoms with van der Waals surface area (Å²) in [5.41, 5.74) is 0.419. The highest BCUT2D eigenvalue weighted by atomic mass is 35.5. The highest BCUT2D eigenvalue weighted by molar-refractivity contribution is 6.36. The van der Waals surface area contributed by atoms with Crippen molar-refractivity contribution in [3.05, 3.63) is 52.6 Å². The molecular weight excluding hydrogens is 275 g/mol. The molecule has 0 saturated carbocycles. The number of hydrogen-bond donors (Lipinski definition) is 1. The molecule has 1 heterocycles. The van der Waals surface area contributed by atoms with E-state index in [-0.39, 0.29) is 5.88 Å². The smallest absolute Gasteiger partial charge is 0.391 e. The largest absolute Gasteiger partial charge is 0.418 e. The van der Waals surface area contributed by atoms with Crippen molar-refractivity contribution in [3.8, 4) is 5.88 Å². The normalized spacial score (nSPS) is 9.89. The topological polar surface area (TPSA) is 51.2 Å². The van der Waals surface area contributed by atoms with Gasteiger partial charge in [-0.1, -0.05) is 29.3 Å². The van der Waals surface area contributed by atoms with Gasteiger partial charge in [-0.2, -0.15) is 0 Å². The number of hydrogen-bond acceptors (Lipinski definition) is 3. The van der Waals surface area contributed by atoms with Gasteiger partial charge in [0.2, 0.25) is 5.88 Å². The molecule has 0 spiro atoms. The van der Waals surface area contributed by atoms with E-state index in [0.717, 1.165) is 0 Å². The molecule has 92 valence electrons. The van der Waals surface area contributed by atoms with Crippen LogP contribution in [0, 0.1) is 0 Å². The Morgan fingerprint density at radius 2 is 2.06 bits per heavy atom. The molecule has 0 radical (unpaired) electrons. The molecule has 0 aliphatic heterocycles.